The Balaban J connectivity index is 1.37. The van der Waals surface area contributed by atoms with E-state index in [2.05, 4.69) is 10.6 Å². The minimum atomic E-state index is -4.20. The molecule has 8 nitrogen and oxygen atoms in total. The number of halogens is 5. The van der Waals surface area contributed by atoms with E-state index >= 15 is 0 Å². The van der Waals surface area contributed by atoms with E-state index in [1.165, 1.54) is 12.1 Å². The second kappa shape index (κ2) is 12.4. The molecule has 0 unspecified atom stereocenters. The zero-order valence-electron chi connectivity index (χ0n) is 21.2. The van der Waals surface area contributed by atoms with E-state index in [1.54, 1.807) is 34.1 Å². The molecule has 2 aliphatic heterocycles. The number of alkyl halides is 3. The Labute approximate surface area is 229 Å². The summed E-state index contributed by atoms with van der Waals surface area (Å²) in [6.45, 7) is 2.81. The first-order chi connectivity index (χ1) is 18.5. The van der Waals surface area contributed by atoms with Crippen molar-refractivity contribution in [2.24, 2.45) is 5.73 Å². The van der Waals surface area contributed by atoms with Crippen LogP contribution < -0.4 is 21.3 Å². The van der Waals surface area contributed by atoms with Gasteiger partial charge in [0.1, 0.15) is 5.82 Å². The summed E-state index contributed by atoms with van der Waals surface area (Å²) in [5.41, 5.74) is 7.16. The van der Waals surface area contributed by atoms with Gasteiger partial charge in [-0.1, -0.05) is 17.7 Å². The number of amides is 3. The highest BCUT2D eigenvalue weighted by Gasteiger charge is 2.29. The Morgan fingerprint density at radius 1 is 1.05 bits per heavy atom. The summed E-state index contributed by atoms with van der Waals surface area (Å²) in [5.74, 6) is -1.40. The lowest BCUT2D eigenvalue weighted by molar-refractivity contribution is -0.138. The van der Waals surface area contributed by atoms with E-state index in [0.717, 1.165) is 6.42 Å². The van der Waals surface area contributed by atoms with Gasteiger partial charge in [0.25, 0.3) is 5.91 Å². The van der Waals surface area contributed by atoms with Gasteiger partial charge in [0.2, 0.25) is 0 Å². The van der Waals surface area contributed by atoms with Gasteiger partial charge in [0.15, 0.2) is 0 Å². The first kappa shape index (κ1) is 28.9. The first-order valence-electron chi connectivity index (χ1n) is 12.7. The zero-order chi connectivity index (χ0) is 28.2. The van der Waals surface area contributed by atoms with Gasteiger partial charge in [-0.05, 0) is 42.3 Å². The number of benzene rings is 2. The van der Waals surface area contributed by atoms with Gasteiger partial charge < -0.3 is 26.2 Å². The second-order valence-electron chi connectivity index (χ2n) is 9.78. The highest BCUT2D eigenvalue weighted by molar-refractivity contribution is 6.31. The molecule has 0 aliphatic carbocycles. The number of carbonyl (C=O) groups excluding carboxylic acids is 2. The van der Waals surface area contributed by atoms with Crippen LogP contribution in [0.25, 0.3) is 0 Å². The number of rotatable bonds is 7. The quantitative estimate of drug-likeness (QED) is 0.437. The number of carbonyl (C=O) groups is 2. The number of piperazine rings is 1. The lowest BCUT2D eigenvalue weighted by Crippen LogP contribution is -2.47. The molecule has 4 rings (SSSR count). The Morgan fingerprint density at radius 3 is 2.44 bits per heavy atom. The van der Waals surface area contributed by atoms with Crippen molar-refractivity contribution < 1.29 is 27.2 Å². The SMILES string of the molecule is N[C@H]1CCN(C(=O)NCc2ccc(C(=O)Nc3ccc(Cl)cc3N3CCN(CCC(F)(F)F)CC3)c(F)c2)C1. The molecule has 4 N–H and O–H groups in total. The summed E-state index contributed by atoms with van der Waals surface area (Å²) < 4.78 is 52.6. The van der Waals surface area contributed by atoms with Crippen LogP contribution in [0.2, 0.25) is 5.02 Å². The number of hydrogen-bond acceptors (Lipinski definition) is 5. The van der Waals surface area contributed by atoms with E-state index in [-0.39, 0.29) is 30.7 Å². The van der Waals surface area contributed by atoms with Crippen LogP contribution in [-0.2, 0) is 6.54 Å². The maximum atomic E-state index is 14.9. The van der Waals surface area contributed by atoms with Crippen LogP contribution in [-0.4, -0.2) is 79.8 Å². The minimum absolute atomic E-state index is 0.0416. The number of nitrogens with two attached hydrogens (primary N) is 1. The number of likely N-dealkylation sites (tertiary alicyclic amines) is 1. The van der Waals surface area contributed by atoms with Gasteiger partial charge in [0, 0.05) is 63.4 Å². The maximum Gasteiger partial charge on any atom is 0.390 e. The average molecular weight is 571 g/mol. The lowest BCUT2D eigenvalue weighted by Gasteiger charge is -2.37. The second-order valence-corrected chi connectivity index (χ2v) is 10.2. The van der Waals surface area contributed by atoms with Gasteiger partial charge in [-0.2, -0.15) is 13.2 Å². The van der Waals surface area contributed by atoms with Gasteiger partial charge >= 0.3 is 12.2 Å². The van der Waals surface area contributed by atoms with Crippen LogP contribution in [0.1, 0.15) is 28.8 Å². The first-order valence-corrected chi connectivity index (χ1v) is 13.1. The van der Waals surface area contributed by atoms with Crippen LogP contribution >= 0.6 is 11.6 Å². The van der Waals surface area contributed by atoms with Gasteiger partial charge in [-0.15, -0.1) is 0 Å². The molecule has 2 fully saturated rings. The van der Waals surface area contributed by atoms with Crippen LogP contribution in [0.4, 0.5) is 33.7 Å². The molecule has 2 aliphatic rings. The summed E-state index contributed by atoms with van der Waals surface area (Å²) in [6.07, 6.45) is -4.33. The normalized spacial score (nSPS) is 18.4. The molecule has 2 heterocycles. The fourth-order valence-electron chi connectivity index (χ4n) is 4.67. The van der Waals surface area contributed by atoms with Crippen molar-refractivity contribution >= 4 is 34.9 Å². The van der Waals surface area contributed by atoms with Crippen molar-refractivity contribution in [3.05, 3.63) is 58.4 Å². The maximum absolute atomic E-state index is 14.9. The van der Waals surface area contributed by atoms with Crippen molar-refractivity contribution in [1.82, 2.24) is 15.1 Å². The third-order valence-corrected chi connectivity index (χ3v) is 7.10. The van der Waals surface area contributed by atoms with Crippen molar-refractivity contribution in [2.45, 2.75) is 31.6 Å². The molecule has 0 spiro atoms. The van der Waals surface area contributed by atoms with Gasteiger partial charge in [-0.25, -0.2) is 9.18 Å². The van der Waals surface area contributed by atoms with Crippen LogP contribution in [0.15, 0.2) is 36.4 Å². The topological polar surface area (TPSA) is 93.9 Å². The van der Waals surface area contributed by atoms with Crippen molar-refractivity contribution in [3.63, 3.8) is 0 Å². The predicted octanol–water partition coefficient (Wildman–Crippen LogP) is 4.05. The molecule has 0 radical (unpaired) electrons. The van der Waals surface area contributed by atoms with Crippen LogP contribution in [0, 0.1) is 5.82 Å². The number of urea groups is 1. The van der Waals surface area contributed by atoms with Gasteiger partial charge in [0.05, 0.1) is 23.4 Å². The van der Waals surface area contributed by atoms with Gasteiger partial charge in [-0.3, -0.25) is 9.69 Å². The van der Waals surface area contributed by atoms with E-state index in [1.807, 2.05) is 4.90 Å². The summed E-state index contributed by atoms with van der Waals surface area (Å²) in [7, 11) is 0. The van der Waals surface area contributed by atoms with E-state index in [4.69, 9.17) is 17.3 Å². The van der Waals surface area contributed by atoms with Crippen LogP contribution in [0.5, 0.6) is 0 Å². The number of nitrogens with one attached hydrogen (secondary N) is 2. The summed E-state index contributed by atoms with van der Waals surface area (Å²) in [4.78, 5) is 30.5. The van der Waals surface area contributed by atoms with E-state index < -0.39 is 24.3 Å². The Kier molecular flexibility index (Phi) is 9.19. The fraction of sp³-hybridized carbons (Fsp3) is 0.462. The van der Waals surface area contributed by atoms with E-state index in [9.17, 15) is 27.2 Å². The molecule has 2 aromatic carbocycles. The molecule has 1 atom stereocenters. The molecule has 0 saturated carbocycles. The predicted molar refractivity (Wildman–Crippen MR) is 142 cm³/mol. The Bertz CT molecular complexity index is 1190. The highest BCUT2D eigenvalue weighted by atomic mass is 35.5. The standard InChI is InChI=1S/C26H31ClF4N6O2/c27-18-2-4-22(23(14-18)36-11-9-35(10-12-36)8-6-26(29,30)31)34-24(38)20-3-1-17(13-21(20)28)15-33-25(39)37-7-5-19(32)16-37/h1-4,13-14,19H,5-12,15-16,32H2,(H,33,39)(H,34,38)/t19-/m0/s1. The Hall–Kier alpha value is -3.09. The fourth-order valence-corrected chi connectivity index (χ4v) is 4.84. The molecular weight excluding hydrogens is 540 g/mol. The minimum Gasteiger partial charge on any atom is -0.367 e. The molecule has 13 heteroatoms. The molecule has 2 saturated heterocycles. The van der Waals surface area contributed by atoms with E-state index in [0.29, 0.717) is 61.2 Å². The van der Waals surface area contributed by atoms with Crippen molar-refractivity contribution in [3.8, 4) is 0 Å². The third-order valence-electron chi connectivity index (χ3n) is 6.87. The molecule has 2 aromatic rings. The highest BCUT2D eigenvalue weighted by Crippen LogP contribution is 2.31. The molecular formula is C26H31ClF4N6O2. The van der Waals surface area contributed by atoms with Crippen molar-refractivity contribution in [1.29, 1.82) is 0 Å². The average Bonchev–Trinajstić information content (AvgIpc) is 3.33. The molecule has 0 bridgehead atoms. The Morgan fingerprint density at radius 2 is 1.79 bits per heavy atom. The summed E-state index contributed by atoms with van der Waals surface area (Å²) >= 11 is 6.19. The largest absolute Gasteiger partial charge is 0.390 e. The third kappa shape index (κ3) is 7.96. The smallest absolute Gasteiger partial charge is 0.367 e. The van der Waals surface area contributed by atoms with Crippen molar-refractivity contribution in [2.75, 3.05) is 56.0 Å². The number of anilines is 2. The monoisotopic (exact) mass is 570 g/mol. The molecule has 0 aromatic heterocycles. The molecule has 39 heavy (non-hydrogen) atoms. The van der Waals surface area contributed by atoms with Crippen LogP contribution in [0.3, 0.4) is 0 Å². The molecule has 3 amide bonds. The molecule has 212 valence electrons. The summed E-state index contributed by atoms with van der Waals surface area (Å²) in [5, 5.41) is 5.89. The number of hydrogen-bond donors (Lipinski definition) is 3. The zero-order valence-corrected chi connectivity index (χ0v) is 22.0. The lowest BCUT2D eigenvalue weighted by atomic mass is 10.1. The summed E-state index contributed by atoms with van der Waals surface area (Å²) in [6, 6.07) is 8.67. The number of nitrogens with zero attached hydrogens (tertiary/aromatic N) is 3.